The van der Waals surface area contributed by atoms with Gasteiger partial charge in [0.1, 0.15) is 5.76 Å². The highest BCUT2D eigenvalue weighted by atomic mass is 32.2. The zero-order chi connectivity index (χ0) is 10.6. The van der Waals surface area contributed by atoms with Gasteiger partial charge < -0.3 is 4.42 Å². The van der Waals surface area contributed by atoms with Gasteiger partial charge in [-0.05, 0) is 19.1 Å². The Hall–Kier alpha value is -1.11. The van der Waals surface area contributed by atoms with Crippen molar-refractivity contribution in [3.63, 3.8) is 0 Å². The molecule has 6 heteroatoms. The highest BCUT2D eigenvalue weighted by Crippen LogP contribution is 1.99. The number of hydrogen-bond acceptors (Lipinski definition) is 4. The molecule has 1 rings (SSSR count). The summed E-state index contributed by atoms with van der Waals surface area (Å²) in [5.74, 6) is 0.648. The van der Waals surface area contributed by atoms with E-state index in [1.54, 1.807) is 12.1 Å². The molecule has 5 nitrogen and oxygen atoms in total. The molecule has 0 unspecified atom stereocenters. The molecular weight excluding hydrogens is 204 g/mol. The molecule has 78 valence electrons. The van der Waals surface area contributed by atoms with Crippen molar-refractivity contribution in [2.24, 2.45) is 0 Å². The Morgan fingerprint density at radius 1 is 1.64 bits per heavy atom. The lowest BCUT2D eigenvalue weighted by atomic mass is 10.5. The van der Waals surface area contributed by atoms with E-state index >= 15 is 0 Å². The maximum absolute atomic E-state index is 11.2. The second-order valence-electron chi connectivity index (χ2n) is 2.74. The fourth-order valence-electron chi connectivity index (χ4n) is 0.718. The average molecular weight is 216 g/mol. The molecule has 0 atom stereocenters. The van der Waals surface area contributed by atoms with Crippen LogP contribution < -0.4 is 10.3 Å². The molecule has 2 N–H and O–H groups in total. The second kappa shape index (κ2) is 4.41. The third-order valence-corrected chi connectivity index (χ3v) is 2.84. The first kappa shape index (κ1) is 11.0. The van der Waals surface area contributed by atoms with Crippen LogP contribution >= 0.6 is 0 Å². The van der Waals surface area contributed by atoms with E-state index in [1.165, 1.54) is 13.2 Å². The van der Waals surface area contributed by atoms with Crippen LogP contribution in [0.1, 0.15) is 12.7 Å². The summed E-state index contributed by atoms with van der Waals surface area (Å²) in [5.41, 5.74) is 2.52. The monoisotopic (exact) mass is 216 g/mol. The molecular formula is C8H12N2O3S. The van der Waals surface area contributed by atoms with Crippen molar-refractivity contribution in [1.82, 2.24) is 10.3 Å². The van der Waals surface area contributed by atoms with Crippen LogP contribution in [0.5, 0.6) is 0 Å². The molecule has 0 fully saturated rings. The van der Waals surface area contributed by atoms with Crippen molar-refractivity contribution >= 4 is 10.0 Å². The van der Waals surface area contributed by atoms with Crippen molar-refractivity contribution in [3.8, 4) is 0 Å². The van der Waals surface area contributed by atoms with Crippen molar-refractivity contribution in [1.29, 1.82) is 0 Å². The smallest absolute Gasteiger partial charge is 0.248 e. The van der Waals surface area contributed by atoms with E-state index in [2.05, 4.69) is 16.8 Å². The number of rotatable bonds is 5. The number of hydrogen-bond donors (Lipinski definition) is 2. The standard InChI is InChI=1S/C8H12N2O3S/c1-7(2)14(11,12)10-9-6-8-4-3-5-13-8/h3-5,9-10H,1,6H2,2H3. The molecule has 1 aromatic rings. The van der Waals surface area contributed by atoms with Crippen LogP contribution in [0.4, 0.5) is 0 Å². The predicted molar refractivity (Wildman–Crippen MR) is 52.4 cm³/mol. The molecule has 1 aromatic heterocycles. The Balaban J connectivity index is 2.39. The van der Waals surface area contributed by atoms with Gasteiger partial charge in [0.15, 0.2) is 0 Å². The lowest BCUT2D eigenvalue weighted by molar-refractivity contribution is 0.473. The number of furan rings is 1. The van der Waals surface area contributed by atoms with Gasteiger partial charge in [-0.3, -0.25) is 0 Å². The molecule has 0 amide bonds. The molecule has 0 aliphatic rings. The van der Waals surface area contributed by atoms with Gasteiger partial charge >= 0.3 is 0 Å². The summed E-state index contributed by atoms with van der Waals surface area (Å²) in [6, 6.07) is 3.46. The van der Waals surface area contributed by atoms with Crippen LogP contribution in [-0.2, 0) is 16.6 Å². The normalized spacial score (nSPS) is 11.5. The Bertz CT molecular complexity index is 394. The summed E-state index contributed by atoms with van der Waals surface area (Å²) in [6.07, 6.45) is 1.52. The quantitative estimate of drug-likeness (QED) is 0.712. The maximum atomic E-state index is 11.2. The first-order chi connectivity index (χ1) is 6.52. The topological polar surface area (TPSA) is 71.3 Å². The molecule has 0 aromatic carbocycles. The Morgan fingerprint density at radius 3 is 2.86 bits per heavy atom. The zero-order valence-corrected chi connectivity index (χ0v) is 8.60. The lowest BCUT2D eigenvalue weighted by Gasteiger charge is -2.05. The van der Waals surface area contributed by atoms with Crippen LogP contribution in [0.3, 0.4) is 0 Å². The summed E-state index contributed by atoms with van der Waals surface area (Å²) in [4.78, 5) is 2.22. The van der Waals surface area contributed by atoms with Crippen LogP contribution in [0.25, 0.3) is 0 Å². The minimum atomic E-state index is -3.45. The minimum Gasteiger partial charge on any atom is -0.468 e. The van der Waals surface area contributed by atoms with E-state index in [9.17, 15) is 8.42 Å². The Kier molecular flexibility index (Phi) is 3.45. The average Bonchev–Trinajstić information content (AvgIpc) is 2.56. The molecule has 0 aliphatic carbocycles. The zero-order valence-electron chi connectivity index (χ0n) is 7.78. The maximum Gasteiger partial charge on any atom is 0.248 e. The third-order valence-electron chi connectivity index (χ3n) is 1.51. The van der Waals surface area contributed by atoms with Gasteiger partial charge in [0.25, 0.3) is 0 Å². The molecule has 0 saturated heterocycles. The van der Waals surface area contributed by atoms with Gasteiger partial charge in [-0.15, -0.1) is 4.83 Å². The number of nitrogens with one attached hydrogen (secondary N) is 2. The number of allylic oxidation sites excluding steroid dienone is 1. The van der Waals surface area contributed by atoms with Crippen molar-refractivity contribution < 1.29 is 12.8 Å². The van der Waals surface area contributed by atoms with Gasteiger partial charge in [0.05, 0.1) is 17.7 Å². The SMILES string of the molecule is C=C(C)S(=O)(=O)NNCc1ccco1. The summed E-state index contributed by atoms with van der Waals surface area (Å²) >= 11 is 0. The lowest BCUT2D eigenvalue weighted by Crippen LogP contribution is -2.36. The van der Waals surface area contributed by atoms with Crippen LogP contribution in [0.2, 0.25) is 0 Å². The van der Waals surface area contributed by atoms with Crippen LogP contribution in [-0.4, -0.2) is 8.42 Å². The molecule has 0 spiro atoms. The van der Waals surface area contributed by atoms with Crippen LogP contribution in [0.15, 0.2) is 34.3 Å². The highest BCUT2D eigenvalue weighted by Gasteiger charge is 2.09. The Labute approximate surface area is 82.8 Å². The van der Waals surface area contributed by atoms with E-state index in [0.717, 1.165) is 0 Å². The van der Waals surface area contributed by atoms with E-state index in [-0.39, 0.29) is 4.91 Å². The second-order valence-corrected chi connectivity index (χ2v) is 4.65. The molecule has 0 saturated carbocycles. The van der Waals surface area contributed by atoms with E-state index in [0.29, 0.717) is 12.3 Å². The molecule has 0 bridgehead atoms. The third kappa shape index (κ3) is 2.99. The summed E-state index contributed by atoms with van der Waals surface area (Å²) in [7, 11) is -3.45. The number of sulfonamides is 1. The van der Waals surface area contributed by atoms with Crippen molar-refractivity contribution in [2.45, 2.75) is 13.5 Å². The van der Waals surface area contributed by atoms with Gasteiger partial charge in [-0.25, -0.2) is 13.8 Å². The van der Waals surface area contributed by atoms with Gasteiger partial charge in [0, 0.05) is 0 Å². The highest BCUT2D eigenvalue weighted by molar-refractivity contribution is 7.93. The number of hydrazine groups is 1. The molecule has 1 heterocycles. The molecule has 14 heavy (non-hydrogen) atoms. The van der Waals surface area contributed by atoms with Gasteiger partial charge in [-0.2, -0.15) is 0 Å². The van der Waals surface area contributed by atoms with E-state index in [4.69, 9.17) is 4.42 Å². The fraction of sp³-hybridized carbons (Fsp3) is 0.250. The van der Waals surface area contributed by atoms with Gasteiger partial charge in [0.2, 0.25) is 10.0 Å². The van der Waals surface area contributed by atoms with Crippen LogP contribution in [0, 0.1) is 0 Å². The summed E-state index contributed by atoms with van der Waals surface area (Å²) in [6.45, 7) is 5.03. The first-order valence-corrected chi connectivity index (χ1v) is 5.43. The van der Waals surface area contributed by atoms with Gasteiger partial charge in [-0.1, -0.05) is 6.58 Å². The Morgan fingerprint density at radius 2 is 2.36 bits per heavy atom. The largest absolute Gasteiger partial charge is 0.468 e. The minimum absolute atomic E-state index is 0.0597. The molecule has 0 radical (unpaired) electrons. The summed E-state index contributed by atoms with van der Waals surface area (Å²) in [5, 5.41) is 0. The van der Waals surface area contributed by atoms with Crippen molar-refractivity contribution in [2.75, 3.05) is 0 Å². The van der Waals surface area contributed by atoms with Crippen molar-refractivity contribution in [3.05, 3.63) is 35.6 Å². The summed E-state index contributed by atoms with van der Waals surface area (Å²) < 4.78 is 27.3. The van der Waals surface area contributed by atoms with E-state index < -0.39 is 10.0 Å². The predicted octanol–water partition coefficient (Wildman–Crippen LogP) is 0.737. The first-order valence-electron chi connectivity index (χ1n) is 3.95. The molecule has 0 aliphatic heterocycles. The van der Waals surface area contributed by atoms with E-state index in [1.807, 2.05) is 0 Å². The fourth-order valence-corrected chi connectivity index (χ4v) is 1.15.